The lowest BCUT2D eigenvalue weighted by Gasteiger charge is -2.20. The predicted molar refractivity (Wildman–Crippen MR) is 82.8 cm³/mol. The topological polar surface area (TPSA) is 24.9 Å². The van der Waals surface area contributed by atoms with Crippen molar-refractivity contribution in [3.05, 3.63) is 65.0 Å². The molecule has 1 aliphatic carbocycles. The fraction of sp³-hybridized carbons (Fsp3) is 0.389. The maximum Gasteiger partial charge on any atom is 0.0592 e. The van der Waals surface area contributed by atoms with E-state index in [1.807, 2.05) is 18.5 Å². The molecule has 0 amide bonds. The summed E-state index contributed by atoms with van der Waals surface area (Å²) in [6.45, 7) is 3.23. The first-order valence-corrected chi connectivity index (χ1v) is 7.63. The number of rotatable bonds is 5. The molecule has 0 spiro atoms. The van der Waals surface area contributed by atoms with Crippen molar-refractivity contribution >= 4 is 0 Å². The molecule has 1 atom stereocenters. The van der Waals surface area contributed by atoms with E-state index in [-0.39, 0.29) is 6.04 Å². The highest BCUT2D eigenvalue weighted by atomic mass is 14.9. The summed E-state index contributed by atoms with van der Waals surface area (Å²) in [6, 6.07) is 11.4. The van der Waals surface area contributed by atoms with E-state index in [9.17, 15) is 0 Å². The summed E-state index contributed by atoms with van der Waals surface area (Å²) < 4.78 is 0. The van der Waals surface area contributed by atoms with Gasteiger partial charge in [0.25, 0.3) is 0 Å². The van der Waals surface area contributed by atoms with E-state index in [1.165, 1.54) is 41.5 Å². The van der Waals surface area contributed by atoms with E-state index >= 15 is 0 Å². The molecule has 1 aromatic carbocycles. The Morgan fingerprint density at radius 3 is 2.85 bits per heavy atom. The van der Waals surface area contributed by atoms with Crippen LogP contribution in [-0.2, 0) is 12.8 Å². The van der Waals surface area contributed by atoms with Crippen LogP contribution in [0.25, 0.3) is 0 Å². The van der Waals surface area contributed by atoms with Crippen LogP contribution in [0.1, 0.15) is 48.1 Å². The van der Waals surface area contributed by atoms with Crippen molar-refractivity contribution in [2.45, 2.75) is 38.6 Å². The fourth-order valence-electron chi connectivity index (χ4n) is 3.03. The third-order valence-corrected chi connectivity index (χ3v) is 4.07. The first-order valence-electron chi connectivity index (χ1n) is 7.63. The first kappa shape index (κ1) is 13.3. The Hall–Kier alpha value is -1.67. The zero-order chi connectivity index (χ0) is 13.8. The zero-order valence-electron chi connectivity index (χ0n) is 12.1. The van der Waals surface area contributed by atoms with Crippen molar-refractivity contribution in [2.75, 3.05) is 6.54 Å². The van der Waals surface area contributed by atoms with Crippen molar-refractivity contribution < 1.29 is 0 Å². The number of benzene rings is 1. The van der Waals surface area contributed by atoms with E-state index < -0.39 is 0 Å². The van der Waals surface area contributed by atoms with Gasteiger partial charge in [-0.15, -0.1) is 0 Å². The minimum absolute atomic E-state index is 0.259. The molecule has 20 heavy (non-hydrogen) atoms. The maximum atomic E-state index is 4.27. The van der Waals surface area contributed by atoms with Crippen LogP contribution in [-0.4, -0.2) is 11.5 Å². The van der Waals surface area contributed by atoms with Gasteiger partial charge in [0.15, 0.2) is 0 Å². The van der Waals surface area contributed by atoms with Gasteiger partial charge >= 0.3 is 0 Å². The summed E-state index contributed by atoms with van der Waals surface area (Å²) >= 11 is 0. The molecule has 2 nitrogen and oxygen atoms in total. The highest BCUT2D eigenvalue weighted by molar-refractivity contribution is 5.39. The monoisotopic (exact) mass is 266 g/mol. The molecule has 0 saturated carbocycles. The van der Waals surface area contributed by atoms with Crippen LogP contribution in [0.5, 0.6) is 0 Å². The minimum atomic E-state index is 0.259. The lowest BCUT2D eigenvalue weighted by molar-refractivity contribution is 0.596. The quantitative estimate of drug-likeness (QED) is 0.893. The van der Waals surface area contributed by atoms with Crippen molar-refractivity contribution in [1.29, 1.82) is 0 Å². The van der Waals surface area contributed by atoms with Gasteiger partial charge in [0.1, 0.15) is 0 Å². The van der Waals surface area contributed by atoms with Crippen LogP contribution < -0.4 is 5.32 Å². The van der Waals surface area contributed by atoms with Gasteiger partial charge in [0.2, 0.25) is 0 Å². The lowest BCUT2D eigenvalue weighted by Crippen LogP contribution is -2.23. The molecule has 1 N–H and O–H groups in total. The molecule has 1 aromatic heterocycles. The molecule has 1 aliphatic rings. The molecular formula is C18H22N2. The summed E-state index contributed by atoms with van der Waals surface area (Å²) in [5, 5.41) is 3.65. The maximum absolute atomic E-state index is 4.27. The SMILES string of the molecule is CCCNC(c1cccnc1)c1ccc2c(c1)CCC2. The van der Waals surface area contributed by atoms with Crippen LogP contribution in [0.4, 0.5) is 0 Å². The van der Waals surface area contributed by atoms with E-state index in [0.29, 0.717) is 0 Å². The van der Waals surface area contributed by atoms with Gasteiger partial charge in [-0.3, -0.25) is 4.98 Å². The first-order chi connectivity index (χ1) is 9.88. The van der Waals surface area contributed by atoms with Gasteiger partial charge in [-0.2, -0.15) is 0 Å². The second kappa shape index (κ2) is 6.19. The van der Waals surface area contributed by atoms with Gasteiger partial charge < -0.3 is 5.32 Å². The average Bonchev–Trinajstić information content (AvgIpc) is 2.96. The Morgan fingerprint density at radius 1 is 1.15 bits per heavy atom. The summed E-state index contributed by atoms with van der Waals surface area (Å²) in [5.74, 6) is 0. The number of fused-ring (bicyclic) bond motifs is 1. The van der Waals surface area contributed by atoms with Crippen LogP contribution >= 0.6 is 0 Å². The third kappa shape index (κ3) is 2.75. The van der Waals surface area contributed by atoms with Crippen molar-refractivity contribution in [3.8, 4) is 0 Å². The fourth-order valence-corrected chi connectivity index (χ4v) is 3.03. The molecule has 3 rings (SSSR count). The number of hydrogen-bond acceptors (Lipinski definition) is 2. The molecular weight excluding hydrogens is 244 g/mol. The Morgan fingerprint density at radius 2 is 2.05 bits per heavy atom. The molecule has 1 unspecified atom stereocenters. The molecule has 0 radical (unpaired) electrons. The van der Waals surface area contributed by atoms with Crippen LogP contribution in [0.3, 0.4) is 0 Å². The highest BCUT2D eigenvalue weighted by Crippen LogP contribution is 2.28. The Balaban J connectivity index is 1.92. The molecule has 1 heterocycles. The zero-order valence-corrected chi connectivity index (χ0v) is 12.1. The number of aromatic nitrogens is 1. The average molecular weight is 266 g/mol. The standard InChI is InChI=1S/C18H22N2/c1-2-10-20-18(17-7-4-11-19-13-17)16-9-8-14-5-3-6-15(14)12-16/h4,7-9,11-13,18,20H,2-3,5-6,10H2,1H3. The van der Waals surface area contributed by atoms with Gasteiger partial charge in [-0.25, -0.2) is 0 Å². The number of nitrogens with one attached hydrogen (secondary N) is 1. The molecule has 2 aromatic rings. The molecule has 0 aliphatic heterocycles. The van der Waals surface area contributed by atoms with Gasteiger partial charge in [-0.1, -0.05) is 31.2 Å². The molecule has 2 heteroatoms. The van der Waals surface area contributed by atoms with E-state index in [4.69, 9.17) is 0 Å². The molecule has 0 bridgehead atoms. The van der Waals surface area contributed by atoms with Gasteiger partial charge in [-0.05, 0) is 60.5 Å². The Kier molecular flexibility index (Phi) is 4.12. The van der Waals surface area contributed by atoms with Gasteiger partial charge in [0, 0.05) is 12.4 Å². The molecule has 104 valence electrons. The largest absolute Gasteiger partial charge is 0.306 e. The van der Waals surface area contributed by atoms with E-state index in [1.54, 1.807) is 0 Å². The summed E-state index contributed by atoms with van der Waals surface area (Å²) in [5.41, 5.74) is 5.69. The lowest BCUT2D eigenvalue weighted by atomic mass is 9.96. The second-order valence-electron chi connectivity index (χ2n) is 5.56. The van der Waals surface area contributed by atoms with Crippen molar-refractivity contribution in [1.82, 2.24) is 10.3 Å². The van der Waals surface area contributed by atoms with Crippen LogP contribution in [0.2, 0.25) is 0 Å². The van der Waals surface area contributed by atoms with Crippen molar-refractivity contribution in [2.24, 2.45) is 0 Å². The van der Waals surface area contributed by atoms with E-state index in [0.717, 1.165) is 13.0 Å². The number of hydrogen-bond donors (Lipinski definition) is 1. The highest BCUT2D eigenvalue weighted by Gasteiger charge is 2.17. The van der Waals surface area contributed by atoms with Crippen molar-refractivity contribution in [3.63, 3.8) is 0 Å². The summed E-state index contributed by atoms with van der Waals surface area (Å²) in [7, 11) is 0. The number of nitrogens with zero attached hydrogens (tertiary/aromatic N) is 1. The number of pyridine rings is 1. The van der Waals surface area contributed by atoms with Gasteiger partial charge in [0.05, 0.1) is 6.04 Å². The smallest absolute Gasteiger partial charge is 0.0592 e. The second-order valence-corrected chi connectivity index (χ2v) is 5.56. The number of aryl methyl sites for hydroxylation is 2. The van der Waals surface area contributed by atoms with E-state index in [2.05, 4.69) is 41.5 Å². The molecule has 0 saturated heterocycles. The predicted octanol–water partition coefficient (Wildman–Crippen LogP) is 3.66. The summed E-state index contributed by atoms with van der Waals surface area (Å²) in [6.07, 6.45) is 8.73. The molecule has 0 fully saturated rings. The Labute approximate surface area is 121 Å². The van der Waals surface area contributed by atoms with Crippen LogP contribution in [0.15, 0.2) is 42.7 Å². The summed E-state index contributed by atoms with van der Waals surface area (Å²) in [4.78, 5) is 4.27. The normalized spacial score (nSPS) is 15.1. The third-order valence-electron chi connectivity index (χ3n) is 4.07. The Bertz CT molecular complexity index is 563. The van der Waals surface area contributed by atoms with Crippen LogP contribution in [0, 0.1) is 0 Å². The minimum Gasteiger partial charge on any atom is -0.306 e.